The Balaban J connectivity index is 1.41. The first-order chi connectivity index (χ1) is 15.8. The Bertz CT molecular complexity index is 1240. The van der Waals surface area contributed by atoms with Crippen molar-refractivity contribution in [2.75, 3.05) is 10.6 Å². The predicted octanol–water partition coefficient (Wildman–Crippen LogP) is 5.16. The fourth-order valence-electron chi connectivity index (χ4n) is 3.05. The fraction of sp³-hybridized carbons (Fsp3) is 0.167. The number of nitrogens with zero attached hydrogens (tertiary/aromatic N) is 4. The first-order valence-corrected chi connectivity index (χ1v) is 10.7. The van der Waals surface area contributed by atoms with E-state index in [0.29, 0.717) is 33.9 Å². The van der Waals surface area contributed by atoms with Crippen LogP contribution in [0.4, 0.5) is 17.2 Å². The average molecular weight is 463 g/mol. The summed E-state index contributed by atoms with van der Waals surface area (Å²) in [7, 11) is 0. The quantitative estimate of drug-likeness (QED) is 0.394. The zero-order valence-electron chi connectivity index (χ0n) is 18.4. The van der Waals surface area contributed by atoms with Gasteiger partial charge in [-0.05, 0) is 75.4 Å². The Hall–Kier alpha value is -3.91. The first-order valence-electron chi connectivity index (χ1n) is 10.3. The molecule has 0 aliphatic carbocycles. The number of carbonyl (C=O) groups excluding carboxylic acids is 1. The summed E-state index contributed by atoms with van der Waals surface area (Å²) in [6, 6.07) is 17.9. The van der Waals surface area contributed by atoms with E-state index in [1.807, 2.05) is 37.4 Å². The molecule has 0 saturated heterocycles. The van der Waals surface area contributed by atoms with E-state index in [9.17, 15) is 4.79 Å². The van der Waals surface area contributed by atoms with Crippen LogP contribution in [0.3, 0.4) is 0 Å². The van der Waals surface area contributed by atoms with Crippen LogP contribution in [0, 0.1) is 6.92 Å². The van der Waals surface area contributed by atoms with Crippen molar-refractivity contribution in [3.63, 3.8) is 0 Å². The van der Waals surface area contributed by atoms with Crippen LogP contribution in [0.1, 0.15) is 19.7 Å². The molecular formula is C24H23ClN6O2. The lowest BCUT2D eigenvalue weighted by Crippen LogP contribution is -2.42. The zero-order chi connectivity index (χ0) is 23.4. The van der Waals surface area contributed by atoms with Crippen molar-refractivity contribution >= 4 is 34.7 Å². The van der Waals surface area contributed by atoms with Crippen molar-refractivity contribution in [2.24, 2.45) is 0 Å². The molecule has 2 aromatic heterocycles. The van der Waals surface area contributed by atoms with Gasteiger partial charge in [0, 0.05) is 34.9 Å². The molecule has 9 heteroatoms. The number of anilines is 3. The van der Waals surface area contributed by atoms with E-state index in [0.717, 1.165) is 5.69 Å². The Kier molecular flexibility index (Phi) is 6.28. The maximum absolute atomic E-state index is 12.8. The second-order valence-electron chi connectivity index (χ2n) is 7.83. The standard InChI is InChI=1S/C24H23ClN6O2/c1-16-27-21(15-22(28-16)31-14-4-13-26-31)29-18-7-9-19(10-8-18)30-23(32)24(2,3)33-20-11-5-17(25)6-12-20/h4-15H,1-3H3,(H,30,32)(H,27,28,29). The molecule has 2 aromatic carbocycles. The van der Waals surface area contributed by atoms with E-state index >= 15 is 0 Å². The van der Waals surface area contributed by atoms with Crippen LogP contribution >= 0.6 is 11.6 Å². The van der Waals surface area contributed by atoms with Gasteiger partial charge in [0.05, 0.1) is 0 Å². The number of rotatable bonds is 7. The van der Waals surface area contributed by atoms with Crippen molar-refractivity contribution in [1.82, 2.24) is 19.7 Å². The van der Waals surface area contributed by atoms with Crippen molar-refractivity contribution in [1.29, 1.82) is 0 Å². The third-order valence-electron chi connectivity index (χ3n) is 4.71. The Labute approximate surface area is 196 Å². The highest BCUT2D eigenvalue weighted by Gasteiger charge is 2.30. The maximum atomic E-state index is 12.8. The highest BCUT2D eigenvalue weighted by Crippen LogP contribution is 2.23. The molecule has 4 aromatic rings. The third-order valence-corrected chi connectivity index (χ3v) is 4.96. The van der Waals surface area contributed by atoms with Crippen LogP contribution < -0.4 is 15.4 Å². The molecule has 1 amide bonds. The molecule has 33 heavy (non-hydrogen) atoms. The molecule has 0 spiro atoms. The molecule has 0 saturated carbocycles. The molecule has 4 rings (SSSR count). The van der Waals surface area contributed by atoms with Gasteiger partial charge in [-0.15, -0.1) is 0 Å². The van der Waals surface area contributed by atoms with E-state index in [-0.39, 0.29) is 5.91 Å². The van der Waals surface area contributed by atoms with E-state index in [1.165, 1.54) is 0 Å². The Morgan fingerprint density at radius 3 is 2.39 bits per heavy atom. The molecule has 0 atom stereocenters. The lowest BCUT2D eigenvalue weighted by Gasteiger charge is -2.25. The molecule has 0 bridgehead atoms. The van der Waals surface area contributed by atoms with Gasteiger partial charge in [-0.25, -0.2) is 14.6 Å². The summed E-state index contributed by atoms with van der Waals surface area (Å²) in [4.78, 5) is 21.6. The smallest absolute Gasteiger partial charge is 0.267 e. The number of aromatic nitrogens is 4. The normalized spacial score (nSPS) is 11.2. The average Bonchev–Trinajstić information content (AvgIpc) is 3.31. The van der Waals surface area contributed by atoms with Gasteiger partial charge in [0.15, 0.2) is 11.4 Å². The zero-order valence-corrected chi connectivity index (χ0v) is 19.2. The molecular weight excluding hydrogens is 440 g/mol. The molecule has 2 heterocycles. The number of carbonyl (C=O) groups is 1. The molecule has 168 valence electrons. The van der Waals surface area contributed by atoms with Crippen molar-refractivity contribution in [3.05, 3.63) is 83.9 Å². The highest BCUT2D eigenvalue weighted by atomic mass is 35.5. The number of aryl methyl sites for hydroxylation is 1. The summed E-state index contributed by atoms with van der Waals surface area (Å²) in [5, 5.41) is 11.0. The van der Waals surface area contributed by atoms with Crippen LogP contribution in [0.5, 0.6) is 5.75 Å². The summed E-state index contributed by atoms with van der Waals surface area (Å²) >= 11 is 5.90. The number of hydrogen-bond acceptors (Lipinski definition) is 6. The van der Waals surface area contributed by atoms with Crippen LogP contribution in [-0.2, 0) is 4.79 Å². The summed E-state index contributed by atoms with van der Waals surface area (Å²) in [5.74, 6) is 2.23. The number of benzene rings is 2. The second kappa shape index (κ2) is 9.30. The number of amides is 1. The number of hydrogen-bond donors (Lipinski definition) is 2. The molecule has 2 N–H and O–H groups in total. The van der Waals surface area contributed by atoms with Crippen molar-refractivity contribution in [2.45, 2.75) is 26.4 Å². The fourth-order valence-corrected chi connectivity index (χ4v) is 3.17. The molecule has 0 unspecified atom stereocenters. The van der Waals surface area contributed by atoms with E-state index in [4.69, 9.17) is 16.3 Å². The Morgan fingerprint density at radius 1 is 1.03 bits per heavy atom. The van der Waals surface area contributed by atoms with Gasteiger partial charge in [-0.1, -0.05) is 11.6 Å². The van der Waals surface area contributed by atoms with Crippen LogP contribution in [-0.4, -0.2) is 31.3 Å². The summed E-state index contributed by atoms with van der Waals surface area (Å²) in [6.07, 6.45) is 3.51. The van der Waals surface area contributed by atoms with Crippen LogP contribution in [0.15, 0.2) is 73.1 Å². The van der Waals surface area contributed by atoms with E-state index in [2.05, 4.69) is 25.7 Å². The van der Waals surface area contributed by atoms with Gasteiger partial charge in [-0.2, -0.15) is 5.10 Å². The van der Waals surface area contributed by atoms with Gasteiger partial charge in [-0.3, -0.25) is 4.79 Å². The largest absolute Gasteiger partial charge is 0.478 e. The van der Waals surface area contributed by atoms with Gasteiger partial charge in [0.1, 0.15) is 17.4 Å². The molecule has 0 aliphatic heterocycles. The monoisotopic (exact) mass is 462 g/mol. The van der Waals surface area contributed by atoms with Gasteiger partial charge in [0.2, 0.25) is 0 Å². The van der Waals surface area contributed by atoms with Crippen molar-refractivity contribution in [3.8, 4) is 11.6 Å². The minimum atomic E-state index is -1.08. The number of halogens is 1. The summed E-state index contributed by atoms with van der Waals surface area (Å²) < 4.78 is 7.52. The van der Waals surface area contributed by atoms with E-state index < -0.39 is 5.60 Å². The number of nitrogens with one attached hydrogen (secondary N) is 2. The lowest BCUT2D eigenvalue weighted by atomic mass is 10.1. The van der Waals surface area contributed by atoms with E-state index in [1.54, 1.807) is 61.1 Å². The van der Waals surface area contributed by atoms with Crippen molar-refractivity contribution < 1.29 is 9.53 Å². The lowest BCUT2D eigenvalue weighted by molar-refractivity contribution is -0.128. The summed E-state index contributed by atoms with van der Waals surface area (Å²) in [6.45, 7) is 5.24. The predicted molar refractivity (Wildman–Crippen MR) is 128 cm³/mol. The SMILES string of the molecule is Cc1nc(Nc2ccc(NC(=O)C(C)(C)Oc3ccc(Cl)cc3)cc2)cc(-n2cccn2)n1. The van der Waals surface area contributed by atoms with Gasteiger partial charge < -0.3 is 15.4 Å². The first kappa shape index (κ1) is 22.3. The van der Waals surface area contributed by atoms with Gasteiger partial charge >= 0.3 is 0 Å². The highest BCUT2D eigenvalue weighted by molar-refractivity contribution is 6.30. The molecule has 0 radical (unpaired) electrons. The summed E-state index contributed by atoms with van der Waals surface area (Å²) in [5.41, 5.74) is 0.384. The number of ether oxygens (including phenoxy) is 1. The second-order valence-corrected chi connectivity index (χ2v) is 8.27. The topological polar surface area (TPSA) is 94.0 Å². The third kappa shape index (κ3) is 5.67. The van der Waals surface area contributed by atoms with Gasteiger partial charge in [0.25, 0.3) is 5.91 Å². The Morgan fingerprint density at radius 2 is 1.73 bits per heavy atom. The van der Waals surface area contributed by atoms with Crippen LogP contribution in [0.25, 0.3) is 5.82 Å². The van der Waals surface area contributed by atoms with Crippen LogP contribution in [0.2, 0.25) is 5.02 Å². The molecule has 0 fully saturated rings. The molecule has 0 aliphatic rings. The maximum Gasteiger partial charge on any atom is 0.267 e. The minimum absolute atomic E-state index is 0.270. The minimum Gasteiger partial charge on any atom is -0.478 e. The molecule has 8 nitrogen and oxygen atoms in total.